The number of aryl methyl sites for hydroxylation is 2. The first-order chi connectivity index (χ1) is 8.90. The number of benzene rings is 1. The molecule has 5 heteroatoms. The highest BCUT2D eigenvalue weighted by Gasteiger charge is 2.19. The minimum atomic E-state index is -0.752. The second kappa shape index (κ2) is 5.43. The van der Waals surface area contributed by atoms with Crippen LogP contribution in [0.2, 0.25) is 0 Å². The van der Waals surface area contributed by atoms with Crippen molar-refractivity contribution in [2.24, 2.45) is 7.05 Å². The first-order valence-corrected chi connectivity index (χ1v) is 6.81. The van der Waals surface area contributed by atoms with E-state index in [1.54, 1.807) is 16.8 Å². The molecule has 2 aromatic rings. The SMILES string of the molecule is Cc1nn(C)c(C)c1C(O)Cc1cc(Br)ccc1F. The van der Waals surface area contributed by atoms with Gasteiger partial charge in [0, 0.05) is 29.2 Å². The Morgan fingerprint density at radius 3 is 2.68 bits per heavy atom. The molecule has 0 saturated heterocycles. The summed E-state index contributed by atoms with van der Waals surface area (Å²) in [6.45, 7) is 3.75. The zero-order chi connectivity index (χ0) is 14.2. The summed E-state index contributed by atoms with van der Waals surface area (Å²) in [6, 6.07) is 4.74. The van der Waals surface area contributed by atoms with Crippen molar-refractivity contribution in [2.75, 3.05) is 0 Å². The smallest absolute Gasteiger partial charge is 0.126 e. The molecule has 1 aromatic heterocycles. The van der Waals surface area contributed by atoms with Crippen LogP contribution in [0.25, 0.3) is 0 Å². The second-order valence-electron chi connectivity index (χ2n) is 4.66. The van der Waals surface area contributed by atoms with Crippen LogP contribution in [-0.2, 0) is 13.5 Å². The van der Waals surface area contributed by atoms with Crippen LogP contribution < -0.4 is 0 Å². The lowest BCUT2D eigenvalue weighted by Gasteiger charge is -2.12. The van der Waals surface area contributed by atoms with Gasteiger partial charge in [-0.3, -0.25) is 4.68 Å². The van der Waals surface area contributed by atoms with E-state index >= 15 is 0 Å². The van der Waals surface area contributed by atoms with E-state index in [9.17, 15) is 9.50 Å². The molecule has 0 bridgehead atoms. The fourth-order valence-corrected chi connectivity index (χ4v) is 2.69. The average Bonchev–Trinajstić information content (AvgIpc) is 2.58. The number of rotatable bonds is 3. The zero-order valence-electron chi connectivity index (χ0n) is 11.1. The van der Waals surface area contributed by atoms with Gasteiger partial charge in [-0.25, -0.2) is 4.39 Å². The molecule has 2 rings (SSSR count). The average molecular weight is 327 g/mol. The lowest BCUT2D eigenvalue weighted by Crippen LogP contribution is -2.06. The Balaban J connectivity index is 2.30. The molecule has 0 amide bonds. The number of aliphatic hydroxyl groups is 1. The molecule has 0 fully saturated rings. The molecule has 0 aliphatic heterocycles. The molecule has 1 N–H and O–H groups in total. The summed E-state index contributed by atoms with van der Waals surface area (Å²) in [5.74, 6) is -0.304. The number of halogens is 2. The molecule has 0 aliphatic rings. The molecule has 3 nitrogen and oxygen atoms in total. The Kier molecular flexibility index (Phi) is 4.06. The van der Waals surface area contributed by atoms with E-state index in [0.717, 1.165) is 21.4 Å². The van der Waals surface area contributed by atoms with Crippen molar-refractivity contribution in [1.82, 2.24) is 9.78 Å². The first kappa shape index (κ1) is 14.2. The van der Waals surface area contributed by atoms with Gasteiger partial charge < -0.3 is 5.11 Å². The van der Waals surface area contributed by atoms with Gasteiger partial charge in [0.05, 0.1) is 11.8 Å². The summed E-state index contributed by atoms with van der Waals surface area (Å²) < 4.78 is 16.2. The minimum Gasteiger partial charge on any atom is -0.388 e. The van der Waals surface area contributed by atoms with E-state index in [1.165, 1.54) is 6.07 Å². The summed E-state index contributed by atoms with van der Waals surface area (Å²) in [7, 11) is 1.83. The third-order valence-corrected chi connectivity index (χ3v) is 3.81. The Hall–Kier alpha value is -1.20. The molecule has 102 valence electrons. The van der Waals surface area contributed by atoms with Gasteiger partial charge in [0.1, 0.15) is 5.82 Å². The number of aliphatic hydroxyl groups excluding tert-OH is 1. The molecule has 19 heavy (non-hydrogen) atoms. The molecular weight excluding hydrogens is 311 g/mol. The number of hydrogen-bond acceptors (Lipinski definition) is 2. The minimum absolute atomic E-state index is 0.235. The van der Waals surface area contributed by atoms with Crippen molar-refractivity contribution >= 4 is 15.9 Å². The fourth-order valence-electron chi connectivity index (χ4n) is 2.28. The van der Waals surface area contributed by atoms with E-state index in [0.29, 0.717) is 5.56 Å². The van der Waals surface area contributed by atoms with E-state index in [-0.39, 0.29) is 12.2 Å². The van der Waals surface area contributed by atoms with E-state index in [1.807, 2.05) is 20.9 Å². The Labute approximate surface area is 120 Å². The zero-order valence-corrected chi connectivity index (χ0v) is 12.7. The van der Waals surface area contributed by atoms with Crippen molar-refractivity contribution in [2.45, 2.75) is 26.4 Å². The van der Waals surface area contributed by atoms with E-state index in [4.69, 9.17) is 0 Å². The highest BCUT2D eigenvalue weighted by atomic mass is 79.9. The fraction of sp³-hybridized carbons (Fsp3) is 0.357. The van der Waals surface area contributed by atoms with Crippen LogP contribution in [0.1, 0.15) is 28.6 Å². The Bertz CT molecular complexity index is 610. The molecule has 1 aromatic carbocycles. The van der Waals surface area contributed by atoms with Crippen LogP contribution in [0.3, 0.4) is 0 Å². The van der Waals surface area contributed by atoms with E-state index in [2.05, 4.69) is 21.0 Å². The van der Waals surface area contributed by atoms with Crippen molar-refractivity contribution < 1.29 is 9.50 Å². The maximum Gasteiger partial charge on any atom is 0.126 e. The lowest BCUT2D eigenvalue weighted by atomic mass is 9.99. The predicted octanol–water partition coefficient (Wildman–Crippen LogP) is 3.21. The summed E-state index contributed by atoms with van der Waals surface area (Å²) in [4.78, 5) is 0. The quantitative estimate of drug-likeness (QED) is 0.940. The third kappa shape index (κ3) is 2.87. The number of aromatic nitrogens is 2. The van der Waals surface area contributed by atoms with Crippen LogP contribution in [-0.4, -0.2) is 14.9 Å². The van der Waals surface area contributed by atoms with E-state index < -0.39 is 6.10 Å². The molecule has 0 spiro atoms. The summed E-state index contributed by atoms with van der Waals surface area (Å²) in [6.07, 6.45) is -0.518. The highest BCUT2D eigenvalue weighted by molar-refractivity contribution is 9.10. The molecular formula is C14H16BrFN2O. The van der Waals surface area contributed by atoms with Gasteiger partial charge in [-0.2, -0.15) is 5.10 Å². The Morgan fingerprint density at radius 2 is 2.11 bits per heavy atom. The predicted molar refractivity (Wildman–Crippen MR) is 75.4 cm³/mol. The highest BCUT2D eigenvalue weighted by Crippen LogP contribution is 2.26. The van der Waals surface area contributed by atoms with Crippen molar-refractivity contribution in [3.8, 4) is 0 Å². The van der Waals surface area contributed by atoms with Gasteiger partial charge in [-0.05, 0) is 37.6 Å². The summed E-state index contributed by atoms with van der Waals surface area (Å²) >= 11 is 3.31. The van der Waals surface area contributed by atoms with Gasteiger partial charge in [-0.15, -0.1) is 0 Å². The number of nitrogens with zero attached hydrogens (tertiary/aromatic N) is 2. The van der Waals surface area contributed by atoms with Crippen LogP contribution in [0, 0.1) is 19.7 Å². The summed E-state index contributed by atoms with van der Waals surface area (Å²) in [5, 5.41) is 14.6. The largest absolute Gasteiger partial charge is 0.388 e. The lowest BCUT2D eigenvalue weighted by molar-refractivity contribution is 0.175. The third-order valence-electron chi connectivity index (χ3n) is 3.32. The van der Waals surface area contributed by atoms with Crippen molar-refractivity contribution in [3.05, 3.63) is 51.0 Å². The van der Waals surface area contributed by atoms with Gasteiger partial charge in [-0.1, -0.05) is 15.9 Å². The molecule has 0 radical (unpaired) electrons. The maximum absolute atomic E-state index is 13.7. The summed E-state index contributed by atoms with van der Waals surface area (Å²) in [5.41, 5.74) is 2.95. The van der Waals surface area contributed by atoms with Crippen molar-refractivity contribution in [1.29, 1.82) is 0 Å². The van der Waals surface area contributed by atoms with Gasteiger partial charge in [0.2, 0.25) is 0 Å². The van der Waals surface area contributed by atoms with Gasteiger partial charge in [0.25, 0.3) is 0 Å². The van der Waals surface area contributed by atoms with Crippen LogP contribution >= 0.6 is 15.9 Å². The van der Waals surface area contributed by atoms with Gasteiger partial charge >= 0.3 is 0 Å². The monoisotopic (exact) mass is 326 g/mol. The molecule has 1 atom stereocenters. The Morgan fingerprint density at radius 1 is 1.42 bits per heavy atom. The topological polar surface area (TPSA) is 38.0 Å². The van der Waals surface area contributed by atoms with Crippen LogP contribution in [0.15, 0.2) is 22.7 Å². The normalized spacial score (nSPS) is 12.7. The van der Waals surface area contributed by atoms with Crippen LogP contribution in [0.5, 0.6) is 0 Å². The molecule has 0 aliphatic carbocycles. The maximum atomic E-state index is 13.7. The number of hydrogen-bond donors (Lipinski definition) is 1. The first-order valence-electron chi connectivity index (χ1n) is 6.02. The molecule has 1 heterocycles. The van der Waals surface area contributed by atoms with Crippen LogP contribution in [0.4, 0.5) is 4.39 Å². The molecule has 0 saturated carbocycles. The molecule has 1 unspecified atom stereocenters. The van der Waals surface area contributed by atoms with Gasteiger partial charge in [0.15, 0.2) is 0 Å². The second-order valence-corrected chi connectivity index (χ2v) is 5.58. The van der Waals surface area contributed by atoms with Crippen molar-refractivity contribution in [3.63, 3.8) is 0 Å². The standard InChI is InChI=1S/C14H16BrFN2O/c1-8-14(9(2)18(3)17-8)13(19)7-10-6-11(15)4-5-12(10)16/h4-6,13,19H,7H2,1-3H3.